The van der Waals surface area contributed by atoms with Gasteiger partial charge in [0, 0.05) is 69.1 Å². The van der Waals surface area contributed by atoms with Crippen molar-refractivity contribution in [2.24, 2.45) is 7.05 Å². The summed E-state index contributed by atoms with van der Waals surface area (Å²) < 4.78 is 71.1. The maximum Gasteiger partial charge on any atom is 0.416 e. The van der Waals surface area contributed by atoms with E-state index in [-0.39, 0.29) is 18.3 Å². The van der Waals surface area contributed by atoms with E-state index in [1.165, 1.54) is 22.7 Å². The van der Waals surface area contributed by atoms with E-state index >= 15 is 0 Å². The van der Waals surface area contributed by atoms with Gasteiger partial charge in [0.1, 0.15) is 0 Å². The van der Waals surface area contributed by atoms with E-state index in [0.29, 0.717) is 30.8 Å². The number of benzene rings is 2. The third kappa shape index (κ3) is 5.84. The molecule has 4 aromatic rings. The summed E-state index contributed by atoms with van der Waals surface area (Å²) in [6.07, 6.45) is -0.216. The van der Waals surface area contributed by atoms with Crippen molar-refractivity contribution in [1.29, 1.82) is 0 Å². The van der Waals surface area contributed by atoms with Gasteiger partial charge in [-0.3, -0.25) is 13.8 Å². The first kappa shape index (κ1) is 30.6. The molecule has 0 aliphatic carbocycles. The highest BCUT2D eigenvalue weighted by Crippen LogP contribution is 2.34. The molecule has 6 rings (SSSR count). The first-order valence-corrected chi connectivity index (χ1v) is 16.8. The topological polar surface area (TPSA) is 85.4 Å². The minimum absolute atomic E-state index is 0.0193. The molecule has 2 aliphatic rings. The predicted molar refractivity (Wildman–Crippen MR) is 163 cm³/mol. The molecule has 4 heterocycles. The van der Waals surface area contributed by atoms with Crippen molar-refractivity contribution in [1.82, 2.24) is 28.1 Å². The van der Waals surface area contributed by atoms with Crippen LogP contribution in [0.3, 0.4) is 0 Å². The second-order valence-corrected chi connectivity index (χ2v) is 14.0. The van der Waals surface area contributed by atoms with Crippen LogP contribution in [0, 0.1) is 6.92 Å². The van der Waals surface area contributed by atoms with Gasteiger partial charge in [-0.1, -0.05) is 18.2 Å². The lowest BCUT2D eigenvalue weighted by atomic mass is 10.0. The van der Waals surface area contributed by atoms with Crippen molar-refractivity contribution in [2.75, 3.05) is 32.4 Å². The maximum absolute atomic E-state index is 13.2. The molecule has 1 fully saturated rings. The second kappa shape index (κ2) is 11.5. The third-order valence-electron chi connectivity index (χ3n) is 9.06. The molecule has 13 heteroatoms. The number of halogens is 3. The number of sulfonamides is 1. The Labute approximate surface area is 254 Å². The number of imidazole rings is 1. The van der Waals surface area contributed by atoms with Crippen LogP contribution in [0.25, 0.3) is 22.3 Å². The lowest BCUT2D eigenvalue weighted by molar-refractivity contribution is -0.137. The molecule has 0 amide bonds. The molecule has 0 atom stereocenters. The lowest BCUT2D eigenvalue weighted by Crippen LogP contribution is -2.38. The van der Waals surface area contributed by atoms with Crippen molar-refractivity contribution in [3.63, 3.8) is 0 Å². The van der Waals surface area contributed by atoms with E-state index in [9.17, 15) is 26.4 Å². The Bertz CT molecular complexity index is 1850. The van der Waals surface area contributed by atoms with Crippen LogP contribution in [0.1, 0.15) is 47.7 Å². The van der Waals surface area contributed by atoms with Gasteiger partial charge in [0.05, 0.1) is 28.5 Å². The van der Waals surface area contributed by atoms with Crippen molar-refractivity contribution in [3.8, 4) is 11.3 Å². The van der Waals surface area contributed by atoms with Crippen LogP contribution in [0.5, 0.6) is 0 Å². The summed E-state index contributed by atoms with van der Waals surface area (Å²) in [7, 11) is -1.62. The van der Waals surface area contributed by atoms with E-state index in [1.54, 1.807) is 4.57 Å². The van der Waals surface area contributed by atoms with Crippen molar-refractivity contribution < 1.29 is 21.6 Å². The molecular formula is C31H37F3N6O3S. The summed E-state index contributed by atoms with van der Waals surface area (Å²) in [5.41, 5.74) is 5.08. The molecule has 0 N–H and O–H groups in total. The fourth-order valence-corrected chi connectivity index (χ4v) is 7.45. The number of alkyl halides is 3. The molecular weight excluding hydrogens is 593 g/mol. The molecule has 0 spiro atoms. The largest absolute Gasteiger partial charge is 0.416 e. The number of nitrogens with zero attached hydrogens (tertiary/aromatic N) is 6. The first-order chi connectivity index (χ1) is 20.8. The summed E-state index contributed by atoms with van der Waals surface area (Å²) in [5, 5.41) is 4.81. The number of fused-ring (bicyclic) bond motifs is 2. The van der Waals surface area contributed by atoms with Crippen LogP contribution >= 0.6 is 0 Å². The van der Waals surface area contributed by atoms with Gasteiger partial charge in [0.2, 0.25) is 10.0 Å². The SMILES string of the molecule is Cc1ccc2c(c1)n(C1CCN(CCCn3nc(-c4ccc(C(F)(F)F)cc4)c4c3CCN(S(C)(=O)=O)C4)CC1)c(=O)n2C. The highest BCUT2D eigenvalue weighted by molar-refractivity contribution is 7.88. The summed E-state index contributed by atoms with van der Waals surface area (Å²) in [4.78, 5) is 15.5. The number of aromatic nitrogens is 4. The Balaban J connectivity index is 1.15. The number of hydrogen-bond donors (Lipinski definition) is 0. The van der Waals surface area contributed by atoms with Gasteiger partial charge in [0.25, 0.3) is 0 Å². The zero-order valence-electron chi connectivity index (χ0n) is 25.1. The van der Waals surface area contributed by atoms with Crippen molar-refractivity contribution in [2.45, 2.75) is 57.9 Å². The van der Waals surface area contributed by atoms with Gasteiger partial charge in [-0.05, 0) is 62.6 Å². The number of piperidine rings is 1. The van der Waals surface area contributed by atoms with Gasteiger partial charge in [0.15, 0.2) is 0 Å². The summed E-state index contributed by atoms with van der Waals surface area (Å²) in [5.74, 6) is 0. The van der Waals surface area contributed by atoms with E-state index in [0.717, 1.165) is 78.9 Å². The predicted octanol–water partition coefficient (Wildman–Crippen LogP) is 4.58. The normalized spacial score (nSPS) is 17.4. The fraction of sp³-hybridized carbons (Fsp3) is 0.484. The van der Waals surface area contributed by atoms with Crippen molar-refractivity contribution in [3.05, 3.63) is 75.3 Å². The zero-order valence-corrected chi connectivity index (χ0v) is 26.0. The molecule has 0 bridgehead atoms. The average molecular weight is 631 g/mol. The molecule has 2 aliphatic heterocycles. The van der Waals surface area contributed by atoms with Gasteiger partial charge < -0.3 is 4.90 Å². The molecule has 9 nitrogen and oxygen atoms in total. The van der Waals surface area contributed by atoms with Crippen LogP contribution in [-0.2, 0) is 42.8 Å². The van der Waals surface area contributed by atoms with Crippen LogP contribution < -0.4 is 5.69 Å². The number of hydrogen-bond acceptors (Lipinski definition) is 5. The highest BCUT2D eigenvalue weighted by atomic mass is 32.2. The number of aryl methyl sites for hydroxylation is 3. The van der Waals surface area contributed by atoms with Gasteiger partial charge >= 0.3 is 11.9 Å². The second-order valence-electron chi connectivity index (χ2n) is 12.0. The summed E-state index contributed by atoms with van der Waals surface area (Å²) >= 11 is 0. The molecule has 44 heavy (non-hydrogen) atoms. The monoisotopic (exact) mass is 630 g/mol. The summed E-state index contributed by atoms with van der Waals surface area (Å²) in [6, 6.07) is 11.1. The summed E-state index contributed by atoms with van der Waals surface area (Å²) in [6.45, 7) is 5.72. The molecule has 236 valence electrons. The van der Waals surface area contributed by atoms with Crippen LogP contribution in [-0.4, -0.2) is 69.0 Å². The smallest absolute Gasteiger partial charge is 0.303 e. The maximum atomic E-state index is 13.2. The molecule has 0 unspecified atom stereocenters. The first-order valence-electron chi connectivity index (χ1n) is 14.9. The standard InChI is InChI=1S/C31H37F3N6O3S/c1-21-5-10-27-28(19-21)40(30(41)36(27)2)24-11-16-37(17-12-24)14-4-15-39-26-13-18-38(44(3,42)43)20-25(26)29(35-39)22-6-8-23(9-7-22)31(32,33)34/h5-10,19,24H,4,11-18,20H2,1-3H3. The van der Waals surface area contributed by atoms with Gasteiger partial charge in [-0.2, -0.15) is 22.6 Å². The van der Waals surface area contributed by atoms with E-state index in [4.69, 9.17) is 5.10 Å². The van der Waals surface area contributed by atoms with Crippen LogP contribution in [0.2, 0.25) is 0 Å². The van der Waals surface area contributed by atoms with E-state index < -0.39 is 21.8 Å². The quantitative estimate of drug-likeness (QED) is 0.299. The number of rotatable bonds is 7. The van der Waals surface area contributed by atoms with Gasteiger partial charge in [-0.15, -0.1) is 0 Å². The molecule has 0 saturated carbocycles. The molecule has 2 aromatic heterocycles. The Hall–Kier alpha value is -3.42. The van der Waals surface area contributed by atoms with Crippen LogP contribution in [0.4, 0.5) is 13.2 Å². The minimum Gasteiger partial charge on any atom is -0.303 e. The van der Waals surface area contributed by atoms with Gasteiger partial charge in [-0.25, -0.2) is 13.2 Å². The zero-order chi connectivity index (χ0) is 31.4. The lowest BCUT2D eigenvalue weighted by Gasteiger charge is -2.32. The Morgan fingerprint density at radius 3 is 2.34 bits per heavy atom. The molecule has 0 radical (unpaired) electrons. The van der Waals surface area contributed by atoms with Crippen LogP contribution in [0.15, 0.2) is 47.3 Å². The minimum atomic E-state index is -4.44. The van der Waals surface area contributed by atoms with E-state index in [1.807, 2.05) is 35.4 Å². The average Bonchev–Trinajstić information content (AvgIpc) is 3.46. The van der Waals surface area contributed by atoms with Crippen molar-refractivity contribution >= 4 is 21.1 Å². The Kier molecular flexibility index (Phi) is 8.00. The number of likely N-dealkylation sites (tertiary alicyclic amines) is 1. The Morgan fingerprint density at radius 1 is 0.977 bits per heavy atom. The third-order valence-corrected chi connectivity index (χ3v) is 10.3. The molecule has 2 aromatic carbocycles. The van der Waals surface area contributed by atoms with E-state index in [2.05, 4.69) is 11.0 Å². The fourth-order valence-electron chi connectivity index (χ4n) is 6.66. The Morgan fingerprint density at radius 2 is 1.68 bits per heavy atom. The molecule has 1 saturated heterocycles. The highest BCUT2D eigenvalue weighted by Gasteiger charge is 2.32.